The SMILES string of the molecule is CNC(=O)c1cn(Cc2nnn(C[C@H](O)c3ccc(Cl)cc3)n2)c(=O)n(C)c1=O. The van der Waals surface area contributed by atoms with Crippen molar-refractivity contribution in [1.82, 2.24) is 34.7 Å². The van der Waals surface area contributed by atoms with Crippen molar-refractivity contribution in [2.24, 2.45) is 7.05 Å². The lowest BCUT2D eigenvalue weighted by molar-refractivity contribution is 0.0959. The molecule has 0 aliphatic heterocycles. The molecule has 0 bridgehead atoms. The molecule has 0 unspecified atom stereocenters. The summed E-state index contributed by atoms with van der Waals surface area (Å²) in [5, 5.41) is 25.1. The number of nitrogens with one attached hydrogen (secondary N) is 1. The summed E-state index contributed by atoms with van der Waals surface area (Å²) in [6.07, 6.45) is 0.279. The van der Waals surface area contributed by atoms with Crippen molar-refractivity contribution in [1.29, 1.82) is 0 Å². The van der Waals surface area contributed by atoms with E-state index in [4.69, 9.17) is 11.6 Å². The quantitative estimate of drug-likeness (QED) is 0.540. The average molecular weight is 420 g/mol. The average Bonchev–Trinajstić information content (AvgIpc) is 3.15. The first-order chi connectivity index (χ1) is 13.8. The molecule has 2 heterocycles. The van der Waals surface area contributed by atoms with Crippen LogP contribution in [-0.4, -0.2) is 47.4 Å². The maximum atomic E-state index is 12.3. The van der Waals surface area contributed by atoms with Crippen LogP contribution < -0.4 is 16.6 Å². The number of carbonyl (C=O) groups excluding carboxylic acids is 1. The highest BCUT2D eigenvalue weighted by molar-refractivity contribution is 6.30. The molecular formula is C17H18ClN7O4. The minimum absolute atomic E-state index is 0.0420. The Labute approximate surface area is 169 Å². The fraction of sp³-hybridized carbons (Fsp3) is 0.294. The maximum Gasteiger partial charge on any atom is 0.331 e. The van der Waals surface area contributed by atoms with Crippen molar-refractivity contribution < 1.29 is 9.90 Å². The van der Waals surface area contributed by atoms with Crippen LogP contribution in [0.4, 0.5) is 0 Å². The fourth-order valence-corrected chi connectivity index (χ4v) is 2.77. The highest BCUT2D eigenvalue weighted by Crippen LogP contribution is 2.17. The second-order valence-corrected chi connectivity index (χ2v) is 6.66. The topological polar surface area (TPSA) is 137 Å². The number of benzene rings is 1. The lowest BCUT2D eigenvalue weighted by Crippen LogP contribution is -2.42. The van der Waals surface area contributed by atoms with E-state index in [1.54, 1.807) is 24.3 Å². The Morgan fingerprint density at radius 1 is 1.28 bits per heavy atom. The molecule has 0 radical (unpaired) electrons. The van der Waals surface area contributed by atoms with Crippen LogP contribution in [0.2, 0.25) is 5.02 Å². The number of carbonyl (C=O) groups is 1. The predicted octanol–water partition coefficient (Wildman–Crippen LogP) is -0.672. The van der Waals surface area contributed by atoms with Crippen LogP contribution in [0.15, 0.2) is 40.1 Å². The molecule has 1 atom stereocenters. The van der Waals surface area contributed by atoms with Gasteiger partial charge in [-0.3, -0.25) is 18.7 Å². The number of aliphatic hydroxyl groups is 1. The molecule has 3 rings (SSSR count). The number of aliphatic hydroxyl groups excluding tert-OH is 1. The third kappa shape index (κ3) is 4.41. The number of hydrogen-bond donors (Lipinski definition) is 2. The van der Waals surface area contributed by atoms with Crippen molar-refractivity contribution in [3.05, 3.63) is 73.3 Å². The van der Waals surface area contributed by atoms with Crippen molar-refractivity contribution in [3.63, 3.8) is 0 Å². The van der Waals surface area contributed by atoms with Gasteiger partial charge in [0.15, 0.2) is 5.82 Å². The monoisotopic (exact) mass is 419 g/mol. The van der Waals surface area contributed by atoms with Crippen LogP contribution in [0.25, 0.3) is 0 Å². The molecule has 0 aliphatic carbocycles. The van der Waals surface area contributed by atoms with Gasteiger partial charge in [0.25, 0.3) is 11.5 Å². The van der Waals surface area contributed by atoms with Gasteiger partial charge >= 0.3 is 5.69 Å². The second-order valence-electron chi connectivity index (χ2n) is 6.22. The molecule has 0 spiro atoms. The molecule has 12 heteroatoms. The van der Waals surface area contributed by atoms with E-state index in [2.05, 4.69) is 20.7 Å². The van der Waals surface area contributed by atoms with Crippen LogP contribution >= 0.6 is 11.6 Å². The molecule has 1 amide bonds. The minimum Gasteiger partial charge on any atom is -0.386 e. The zero-order chi connectivity index (χ0) is 21.1. The fourth-order valence-electron chi connectivity index (χ4n) is 2.64. The Bertz CT molecular complexity index is 1150. The van der Waals surface area contributed by atoms with Crippen molar-refractivity contribution >= 4 is 17.5 Å². The third-order valence-electron chi connectivity index (χ3n) is 4.22. The van der Waals surface area contributed by atoms with Gasteiger partial charge in [-0.05, 0) is 22.9 Å². The smallest absolute Gasteiger partial charge is 0.331 e. The summed E-state index contributed by atoms with van der Waals surface area (Å²) in [5.74, 6) is -0.432. The standard InChI is InChI=1S/C17H18ClN7O4/c1-19-15(27)12-7-24(17(29)23(2)16(12)28)9-14-20-22-25(21-14)8-13(26)10-3-5-11(18)6-4-10/h3-7,13,26H,8-9H2,1-2H3,(H,19,27)/t13-/m0/s1. The van der Waals surface area contributed by atoms with Crippen LogP contribution in [0, 0.1) is 0 Å². The van der Waals surface area contributed by atoms with Crippen molar-refractivity contribution in [2.45, 2.75) is 19.2 Å². The van der Waals surface area contributed by atoms with Gasteiger partial charge in [-0.2, -0.15) is 4.80 Å². The number of halogens is 1. The van der Waals surface area contributed by atoms with Crippen molar-refractivity contribution in [2.75, 3.05) is 7.05 Å². The van der Waals surface area contributed by atoms with Gasteiger partial charge < -0.3 is 10.4 Å². The summed E-state index contributed by atoms with van der Waals surface area (Å²) in [7, 11) is 2.66. The van der Waals surface area contributed by atoms with Gasteiger partial charge in [-0.1, -0.05) is 23.7 Å². The lowest BCUT2D eigenvalue weighted by atomic mass is 10.1. The molecule has 0 saturated heterocycles. The van der Waals surface area contributed by atoms with Gasteiger partial charge in [0.05, 0.1) is 13.1 Å². The first kappa shape index (κ1) is 20.4. The van der Waals surface area contributed by atoms with Gasteiger partial charge in [0.2, 0.25) is 0 Å². The van der Waals surface area contributed by atoms with Crippen molar-refractivity contribution in [3.8, 4) is 0 Å². The predicted molar refractivity (Wildman–Crippen MR) is 103 cm³/mol. The molecule has 2 N–H and O–H groups in total. The van der Waals surface area contributed by atoms with Gasteiger partial charge in [0.1, 0.15) is 11.7 Å². The molecule has 29 heavy (non-hydrogen) atoms. The second kappa shape index (κ2) is 8.37. The van der Waals surface area contributed by atoms with Gasteiger partial charge in [-0.15, -0.1) is 10.2 Å². The molecule has 3 aromatic rings. The van der Waals surface area contributed by atoms with E-state index in [1.807, 2.05) is 0 Å². The summed E-state index contributed by atoms with van der Waals surface area (Å²) >= 11 is 5.83. The zero-order valence-corrected chi connectivity index (χ0v) is 16.4. The van der Waals surface area contributed by atoms with Gasteiger partial charge in [0, 0.05) is 25.3 Å². The zero-order valence-electron chi connectivity index (χ0n) is 15.6. The van der Waals surface area contributed by atoms with E-state index >= 15 is 0 Å². The molecule has 0 aliphatic rings. The Hall–Kier alpha value is -3.31. The van der Waals surface area contributed by atoms with Crippen LogP contribution in [0.3, 0.4) is 0 Å². The highest BCUT2D eigenvalue weighted by atomic mass is 35.5. The summed E-state index contributed by atoms with van der Waals surface area (Å²) in [6.45, 7) is -0.0612. The number of aromatic nitrogens is 6. The maximum absolute atomic E-state index is 12.3. The van der Waals surface area contributed by atoms with E-state index in [0.29, 0.717) is 10.6 Å². The Balaban J connectivity index is 1.80. The summed E-state index contributed by atoms with van der Waals surface area (Å²) in [5.41, 5.74) is -0.869. The molecule has 0 saturated carbocycles. The third-order valence-corrected chi connectivity index (χ3v) is 4.47. The summed E-state index contributed by atoms with van der Waals surface area (Å²) in [4.78, 5) is 37.5. The molecule has 0 fully saturated rings. The molecule has 1 aromatic carbocycles. The van der Waals surface area contributed by atoms with Crippen LogP contribution in [0.5, 0.6) is 0 Å². The van der Waals surface area contributed by atoms with Crippen LogP contribution in [0.1, 0.15) is 27.8 Å². The van der Waals surface area contributed by atoms with Gasteiger partial charge in [-0.25, -0.2) is 4.79 Å². The molecule has 11 nitrogen and oxygen atoms in total. The normalized spacial score (nSPS) is 12.0. The number of hydrogen-bond acceptors (Lipinski definition) is 7. The largest absolute Gasteiger partial charge is 0.386 e. The highest BCUT2D eigenvalue weighted by Gasteiger charge is 2.16. The van der Waals surface area contributed by atoms with Crippen LogP contribution in [-0.2, 0) is 20.1 Å². The summed E-state index contributed by atoms with van der Waals surface area (Å²) in [6, 6.07) is 6.71. The lowest BCUT2D eigenvalue weighted by Gasteiger charge is -2.09. The first-order valence-corrected chi connectivity index (χ1v) is 8.90. The Morgan fingerprint density at radius 3 is 2.62 bits per heavy atom. The van der Waals surface area contributed by atoms with E-state index in [9.17, 15) is 19.5 Å². The molecule has 2 aromatic heterocycles. The number of amides is 1. The molecule has 152 valence electrons. The van der Waals surface area contributed by atoms with E-state index < -0.39 is 23.3 Å². The number of nitrogens with zero attached hydrogens (tertiary/aromatic N) is 6. The Kier molecular flexibility index (Phi) is 5.89. The van der Waals surface area contributed by atoms with E-state index in [0.717, 1.165) is 15.3 Å². The number of rotatable bonds is 6. The number of tetrazole rings is 1. The van der Waals surface area contributed by atoms with E-state index in [-0.39, 0.29) is 24.5 Å². The summed E-state index contributed by atoms with van der Waals surface area (Å²) < 4.78 is 1.97. The minimum atomic E-state index is -0.880. The van der Waals surface area contributed by atoms with E-state index in [1.165, 1.54) is 18.9 Å². The first-order valence-electron chi connectivity index (χ1n) is 8.53. The molecular weight excluding hydrogens is 402 g/mol. The Morgan fingerprint density at radius 2 is 1.97 bits per heavy atom.